The van der Waals surface area contributed by atoms with Crippen LogP contribution in [-0.2, 0) is 0 Å². The minimum absolute atomic E-state index is 0.219. The van der Waals surface area contributed by atoms with Gasteiger partial charge in [-0.3, -0.25) is 0 Å². The van der Waals surface area contributed by atoms with E-state index in [0.717, 1.165) is 19.0 Å². The Bertz CT molecular complexity index is 416. The first-order chi connectivity index (χ1) is 9.27. The van der Waals surface area contributed by atoms with Gasteiger partial charge in [-0.2, -0.15) is 0 Å². The molecule has 0 bridgehead atoms. The van der Waals surface area contributed by atoms with E-state index in [-0.39, 0.29) is 5.56 Å². The molecule has 1 saturated carbocycles. The molecule has 2 rings (SSSR count). The molecule has 0 saturated heterocycles. The number of hydrogen-bond donors (Lipinski definition) is 2. The maximum absolute atomic E-state index is 11.0. The summed E-state index contributed by atoms with van der Waals surface area (Å²) in [4.78, 5) is 11.0. The summed E-state index contributed by atoms with van der Waals surface area (Å²) >= 11 is 0. The first-order valence-corrected chi connectivity index (χ1v) is 6.93. The van der Waals surface area contributed by atoms with Crippen molar-refractivity contribution in [2.45, 2.75) is 25.7 Å². The van der Waals surface area contributed by atoms with Gasteiger partial charge in [0.15, 0.2) is 0 Å². The van der Waals surface area contributed by atoms with Crippen LogP contribution >= 0.6 is 0 Å². The van der Waals surface area contributed by atoms with E-state index < -0.39 is 5.97 Å². The topological polar surface area (TPSA) is 58.6 Å². The van der Waals surface area contributed by atoms with Gasteiger partial charge in [-0.15, -0.1) is 0 Å². The summed E-state index contributed by atoms with van der Waals surface area (Å²) in [6.45, 7) is 2.26. The van der Waals surface area contributed by atoms with Gasteiger partial charge >= 0.3 is 5.97 Å². The Balaban J connectivity index is 1.60. The van der Waals surface area contributed by atoms with Crippen molar-refractivity contribution in [3.05, 3.63) is 29.8 Å². The molecule has 0 amide bonds. The average molecular weight is 263 g/mol. The van der Waals surface area contributed by atoms with Crippen molar-refractivity contribution < 1.29 is 14.6 Å². The summed E-state index contributed by atoms with van der Waals surface area (Å²) in [7, 11) is 0. The average Bonchev–Trinajstić information content (AvgIpc) is 3.22. The summed E-state index contributed by atoms with van der Waals surface area (Å²) < 4.78 is 5.50. The number of aromatic carboxylic acids is 1. The van der Waals surface area contributed by atoms with Crippen molar-refractivity contribution >= 4 is 5.97 Å². The second-order valence-electron chi connectivity index (χ2n) is 4.99. The van der Waals surface area contributed by atoms with Crippen molar-refractivity contribution in [3.8, 4) is 5.75 Å². The van der Waals surface area contributed by atoms with E-state index in [2.05, 4.69) is 5.32 Å². The van der Waals surface area contributed by atoms with Gasteiger partial charge < -0.3 is 15.2 Å². The predicted octanol–water partition coefficient (Wildman–Crippen LogP) is 2.54. The normalized spacial score (nSPS) is 14.3. The number of ether oxygens (including phenoxy) is 1. The second-order valence-corrected chi connectivity index (χ2v) is 4.99. The zero-order valence-corrected chi connectivity index (χ0v) is 11.1. The summed E-state index contributed by atoms with van der Waals surface area (Å²) in [6.07, 6.45) is 5.37. The summed E-state index contributed by atoms with van der Waals surface area (Å²) in [5, 5.41) is 12.3. The molecule has 1 aliphatic carbocycles. The van der Waals surface area contributed by atoms with E-state index in [9.17, 15) is 4.79 Å². The van der Waals surface area contributed by atoms with Crippen LogP contribution in [0.5, 0.6) is 5.75 Å². The highest BCUT2D eigenvalue weighted by atomic mass is 16.5. The molecule has 19 heavy (non-hydrogen) atoms. The fourth-order valence-corrected chi connectivity index (χ4v) is 2.05. The Kier molecular flexibility index (Phi) is 5.21. The van der Waals surface area contributed by atoms with Crippen molar-refractivity contribution in [1.29, 1.82) is 0 Å². The summed E-state index contributed by atoms with van der Waals surface area (Å²) in [5.74, 6) is 0.475. The molecule has 1 aromatic rings. The lowest BCUT2D eigenvalue weighted by Crippen LogP contribution is -2.22. The minimum atomic E-state index is -0.951. The molecule has 0 heterocycles. The Morgan fingerprint density at radius 2 is 2.11 bits per heavy atom. The number of para-hydroxylation sites is 1. The third-order valence-electron chi connectivity index (χ3n) is 3.32. The Labute approximate surface area is 113 Å². The molecule has 0 aliphatic heterocycles. The Morgan fingerprint density at radius 1 is 1.32 bits per heavy atom. The zero-order valence-electron chi connectivity index (χ0n) is 11.1. The molecule has 4 nitrogen and oxygen atoms in total. The third-order valence-corrected chi connectivity index (χ3v) is 3.32. The molecule has 1 aromatic carbocycles. The maximum atomic E-state index is 11.0. The van der Waals surface area contributed by atoms with Gasteiger partial charge in [0.25, 0.3) is 0 Å². The number of benzene rings is 1. The first kappa shape index (κ1) is 13.9. The molecule has 104 valence electrons. The second kappa shape index (κ2) is 7.14. The molecule has 1 aliphatic rings. The SMILES string of the molecule is O=C(O)c1ccccc1OCCNCCCC1CC1. The molecule has 0 radical (unpaired) electrons. The summed E-state index contributed by atoms with van der Waals surface area (Å²) in [6, 6.07) is 6.73. The highest BCUT2D eigenvalue weighted by molar-refractivity contribution is 5.90. The lowest BCUT2D eigenvalue weighted by molar-refractivity contribution is 0.0692. The molecule has 1 fully saturated rings. The van der Waals surface area contributed by atoms with Crippen molar-refractivity contribution in [2.75, 3.05) is 19.7 Å². The van der Waals surface area contributed by atoms with Gasteiger partial charge in [0, 0.05) is 6.54 Å². The van der Waals surface area contributed by atoms with Gasteiger partial charge in [-0.05, 0) is 37.4 Å². The van der Waals surface area contributed by atoms with Gasteiger partial charge in [-0.1, -0.05) is 25.0 Å². The number of carbonyl (C=O) groups is 1. The van der Waals surface area contributed by atoms with Crippen LogP contribution in [0.3, 0.4) is 0 Å². The molecular weight excluding hydrogens is 242 g/mol. The monoisotopic (exact) mass is 263 g/mol. The van der Waals surface area contributed by atoms with Crippen LogP contribution in [0.4, 0.5) is 0 Å². The molecule has 2 N–H and O–H groups in total. The van der Waals surface area contributed by atoms with Gasteiger partial charge in [-0.25, -0.2) is 4.79 Å². The molecule has 0 aromatic heterocycles. The number of rotatable bonds is 9. The fourth-order valence-electron chi connectivity index (χ4n) is 2.05. The number of hydrogen-bond acceptors (Lipinski definition) is 3. The van der Waals surface area contributed by atoms with Crippen LogP contribution in [0.1, 0.15) is 36.0 Å². The van der Waals surface area contributed by atoms with Gasteiger partial charge in [0.05, 0.1) is 0 Å². The van der Waals surface area contributed by atoms with Crippen molar-refractivity contribution in [1.82, 2.24) is 5.32 Å². The fraction of sp³-hybridized carbons (Fsp3) is 0.533. The van der Waals surface area contributed by atoms with Gasteiger partial charge in [0.1, 0.15) is 17.9 Å². The third kappa shape index (κ3) is 4.91. The van der Waals surface area contributed by atoms with E-state index in [1.807, 2.05) is 0 Å². The Morgan fingerprint density at radius 3 is 2.84 bits per heavy atom. The van der Waals surface area contributed by atoms with Crippen LogP contribution in [0.15, 0.2) is 24.3 Å². The first-order valence-electron chi connectivity index (χ1n) is 6.93. The Hall–Kier alpha value is -1.55. The smallest absolute Gasteiger partial charge is 0.339 e. The van der Waals surface area contributed by atoms with Crippen LogP contribution in [0.2, 0.25) is 0 Å². The summed E-state index contributed by atoms with van der Waals surface area (Å²) in [5.41, 5.74) is 0.219. The van der Waals surface area contributed by atoms with E-state index >= 15 is 0 Å². The van der Waals surface area contributed by atoms with Crippen molar-refractivity contribution in [3.63, 3.8) is 0 Å². The molecular formula is C15H21NO3. The van der Waals surface area contributed by atoms with Crippen LogP contribution in [0.25, 0.3) is 0 Å². The highest BCUT2D eigenvalue weighted by Gasteiger charge is 2.19. The van der Waals surface area contributed by atoms with E-state index in [1.165, 1.54) is 25.7 Å². The zero-order chi connectivity index (χ0) is 13.5. The van der Waals surface area contributed by atoms with E-state index in [4.69, 9.17) is 9.84 Å². The molecule has 4 heteroatoms. The maximum Gasteiger partial charge on any atom is 0.339 e. The molecule has 0 spiro atoms. The van der Waals surface area contributed by atoms with Crippen LogP contribution < -0.4 is 10.1 Å². The molecule has 0 atom stereocenters. The lowest BCUT2D eigenvalue weighted by atomic mass is 10.2. The number of carboxylic acids is 1. The number of carboxylic acid groups (broad SMARTS) is 1. The van der Waals surface area contributed by atoms with Gasteiger partial charge in [0.2, 0.25) is 0 Å². The minimum Gasteiger partial charge on any atom is -0.491 e. The van der Waals surface area contributed by atoms with E-state index in [1.54, 1.807) is 24.3 Å². The van der Waals surface area contributed by atoms with Crippen LogP contribution in [0, 0.1) is 5.92 Å². The molecule has 0 unspecified atom stereocenters. The predicted molar refractivity (Wildman–Crippen MR) is 73.7 cm³/mol. The van der Waals surface area contributed by atoms with Crippen LogP contribution in [-0.4, -0.2) is 30.8 Å². The number of nitrogens with one attached hydrogen (secondary N) is 1. The lowest BCUT2D eigenvalue weighted by Gasteiger charge is -2.09. The van der Waals surface area contributed by atoms with E-state index in [0.29, 0.717) is 12.4 Å². The highest BCUT2D eigenvalue weighted by Crippen LogP contribution is 2.33. The standard InChI is InChI=1S/C15H21NO3/c17-15(18)13-5-1-2-6-14(13)19-11-10-16-9-3-4-12-7-8-12/h1-2,5-6,12,16H,3-4,7-11H2,(H,17,18). The largest absolute Gasteiger partial charge is 0.491 e. The van der Waals surface area contributed by atoms with Crippen molar-refractivity contribution in [2.24, 2.45) is 5.92 Å². The quantitative estimate of drug-likeness (QED) is 0.672.